The number of pyridine rings is 1. The highest BCUT2D eigenvalue weighted by Gasteiger charge is 1.97. The molecule has 0 fully saturated rings. The SMILES string of the molecule is C=C(NC)c1cc(C)[nH]c(=O)c1. The summed E-state index contributed by atoms with van der Waals surface area (Å²) >= 11 is 0. The summed E-state index contributed by atoms with van der Waals surface area (Å²) in [6.07, 6.45) is 0. The molecule has 2 N–H and O–H groups in total. The number of H-pyrrole nitrogens is 1. The second kappa shape index (κ2) is 3.26. The monoisotopic (exact) mass is 164 g/mol. The molecular formula is C9H12N2O. The number of aryl methyl sites for hydroxylation is 1. The second-order valence-electron chi connectivity index (χ2n) is 2.64. The molecule has 0 aromatic carbocycles. The molecule has 0 saturated heterocycles. The van der Waals surface area contributed by atoms with Crippen LogP contribution in [0.25, 0.3) is 5.70 Å². The van der Waals surface area contributed by atoms with Crippen molar-refractivity contribution in [3.8, 4) is 0 Å². The van der Waals surface area contributed by atoms with E-state index < -0.39 is 0 Å². The van der Waals surface area contributed by atoms with E-state index in [4.69, 9.17) is 0 Å². The van der Waals surface area contributed by atoms with E-state index in [-0.39, 0.29) is 5.56 Å². The number of nitrogens with one attached hydrogen (secondary N) is 2. The summed E-state index contributed by atoms with van der Waals surface area (Å²) in [5, 5.41) is 2.89. The lowest BCUT2D eigenvalue weighted by Gasteiger charge is -2.04. The van der Waals surface area contributed by atoms with Crippen molar-refractivity contribution in [3.63, 3.8) is 0 Å². The van der Waals surface area contributed by atoms with Gasteiger partial charge in [-0.25, -0.2) is 0 Å². The first-order valence-electron chi connectivity index (χ1n) is 3.71. The van der Waals surface area contributed by atoms with Crippen LogP contribution in [0.2, 0.25) is 0 Å². The van der Waals surface area contributed by atoms with Gasteiger partial charge >= 0.3 is 0 Å². The Balaban J connectivity index is 3.17. The van der Waals surface area contributed by atoms with Gasteiger partial charge in [-0.2, -0.15) is 0 Å². The number of rotatable bonds is 2. The van der Waals surface area contributed by atoms with Crippen LogP contribution in [0.4, 0.5) is 0 Å². The van der Waals surface area contributed by atoms with Gasteiger partial charge in [-0.15, -0.1) is 0 Å². The zero-order valence-corrected chi connectivity index (χ0v) is 7.27. The van der Waals surface area contributed by atoms with Gasteiger partial charge < -0.3 is 10.3 Å². The molecule has 64 valence electrons. The first-order valence-corrected chi connectivity index (χ1v) is 3.71. The lowest BCUT2D eigenvalue weighted by molar-refractivity contribution is 1.09. The minimum atomic E-state index is -0.0959. The maximum atomic E-state index is 11.0. The quantitative estimate of drug-likeness (QED) is 0.681. The van der Waals surface area contributed by atoms with Crippen LogP contribution in [0.15, 0.2) is 23.5 Å². The molecular weight excluding hydrogens is 152 g/mol. The van der Waals surface area contributed by atoms with E-state index in [1.807, 2.05) is 13.0 Å². The van der Waals surface area contributed by atoms with Gasteiger partial charge in [0.15, 0.2) is 0 Å². The Morgan fingerprint density at radius 3 is 2.75 bits per heavy atom. The molecule has 0 radical (unpaired) electrons. The van der Waals surface area contributed by atoms with Gasteiger partial charge in [0, 0.05) is 30.1 Å². The molecule has 0 aliphatic heterocycles. The highest BCUT2D eigenvalue weighted by molar-refractivity contribution is 5.61. The van der Waals surface area contributed by atoms with E-state index in [1.54, 1.807) is 7.05 Å². The van der Waals surface area contributed by atoms with Crippen molar-refractivity contribution in [3.05, 3.63) is 40.3 Å². The maximum Gasteiger partial charge on any atom is 0.248 e. The molecule has 0 atom stereocenters. The predicted molar refractivity (Wildman–Crippen MR) is 49.9 cm³/mol. The van der Waals surface area contributed by atoms with Crippen molar-refractivity contribution in [1.29, 1.82) is 0 Å². The fourth-order valence-electron chi connectivity index (χ4n) is 1.00. The topological polar surface area (TPSA) is 44.9 Å². The Labute approximate surface area is 71.1 Å². The molecule has 1 aromatic rings. The molecule has 1 aromatic heterocycles. The van der Waals surface area contributed by atoms with Crippen LogP contribution in [-0.4, -0.2) is 12.0 Å². The summed E-state index contributed by atoms with van der Waals surface area (Å²) in [7, 11) is 1.78. The summed E-state index contributed by atoms with van der Waals surface area (Å²) in [6.45, 7) is 5.60. The van der Waals surface area contributed by atoms with E-state index in [9.17, 15) is 4.79 Å². The van der Waals surface area contributed by atoms with Gasteiger partial charge in [-0.3, -0.25) is 4.79 Å². The van der Waals surface area contributed by atoms with Crippen LogP contribution < -0.4 is 10.9 Å². The minimum Gasteiger partial charge on any atom is -0.388 e. The highest BCUT2D eigenvalue weighted by Crippen LogP contribution is 2.05. The van der Waals surface area contributed by atoms with Gasteiger partial charge in [0.05, 0.1) is 0 Å². The molecule has 12 heavy (non-hydrogen) atoms. The van der Waals surface area contributed by atoms with Crippen LogP contribution in [0, 0.1) is 6.92 Å². The normalized spacial score (nSPS) is 9.50. The molecule has 3 nitrogen and oxygen atoms in total. The van der Waals surface area contributed by atoms with Crippen LogP contribution in [0.3, 0.4) is 0 Å². The third-order valence-corrected chi connectivity index (χ3v) is 1.63. The Kier molecular flexibility index (Phi) is 2.33. The predicted octanol–water partition coefficient (Wildman–Crippen LogP) is 0.873. The molecule has 0 aliphatic carbocycles. The van der Waals surface area contributed by atoms with Crippen molar-refractivity contribution in [2.75, 3.05) is 7.05 Å². The van der Waals surface area contributed by atoms with Gasteiger partial charge in [0.1, 0.15) is 0 Å². The number of aromatic amines is 1. The summed E-state index contributed by atoms with van der Waals surface area (Å²) in [4.78, 5) is 13.7. The zero-order valence-electron chi connectivity index (χ0n) is 7.27. The van der Waals surface area contributed by atoms with E-state index in [0.717, 1.165) is 17.0 Å². The number of hydrogen-bond acceptors (Lipinski definition) is 2. The Bertz CT molecular complexity index is 352. The van der Waals surface area contributed by atoms with Crippen LogP contribution in [-0.2, 0) is 0 Å². The molecule has 0 bridgehead atoms. The summed E-state index contributed by atoms with van der Waals surface area (Å²) in [6, 6.07) is 3.39. The highest BCUT2D eigenvalue weighted by atomic mass is 16.1. The molecule has 3 heteroatoms. The van der Waals surface area contributed by atoms with E-state index >= 15 is 0 Å². The number of aromatic nitrogens is 1. The largest absolute Gasteiger partial charge is 0.388 e. The summed E-state index contributed by atoms with van der Waals surface area (Å²) < 4.78 is 0. The van der Waals surface area contributed by atoms with Gasteiger partial charge in [0.2, 0.25) is 5.56 Å². The molecule has 0 amide bonds. The summed E-state index contributed by atoms with van der Waals surface area (Å²) in [5.41, 5.74) is 2.33. The lowest BCUT2D eigenvalue weighted by atomic mass is 10.2. The third-order valence-electron chi connectivity index (χ3n) is 1.63. The fourth-order valence-corrected chi connectivity index (χ4v) is 1.00. The third kappa shape index (κ3) is 1.75. The maximum absolute atomic E-state index is 11.0. The van der Waals surface area contributed by atoms with E-state index in [2.05, 4.69) is 16.9 Å². The van der Waals surface area contributed by atoms with Gasteiger partial charge in [-0.05, 0) is 13.0 Å². The molecule has 0 saturated carbocycles. The van der Waals surface area contributed by atoms with Crippen molar-refractivity contribution in [2.45, 2.75) is 6.92 Å². The zero-order chi connectivity index (χ0) is 9.14. The van der Waals surface area contributed by atoms with Crippen LogP contribution in [0.5, 0.6) is 0 Å². The molecule has 0 spiro atoms. The Morgan fingerprint density at radius 1 is 1.58 bits per heavy atom. The Morgan fingerprint density at radius 2 is 2.25 bits per heavy atom. The first-order chi connectivity index (χ1) is 5.63. The van der Waals surface area contributed by atoms with E-state index in [0.29, 0.717) is 0 Å². The molecule has 1 rings (SSSR count). The van der Waals surface area contributed by atoms with Gasteiger partial charge in [-0.1, -0.05) is 6.58 Å². The van der Waals surface area contributed by atoms with Crippen LogP contribution >= 0.6 is 0 Å². The molecule has 1 heterocycles. The van der Waals surface area contributed by atoms with Crippen LogP contribution in [0.1, 0.15) is 11.3 Å². The molecule has 0 unspecified atom stereocenters. The molecule has 0 aliphatic rings. The average Bonchev–Trinajstić information content (AvgIpc) is 2.01. The van der Waals surface area contributed by atoms with Crippen molar-refractivity contribution in [1.82, 2.24) is 10.3 Å². The first kappa shape index (κ1) is 8.59. The Hall–Kier alpha value is -1.51. The second-order valence-corrected chi connectivity index (χ2v) is 2.64. The standard InChI is InChI=1S/C9H12N2O/c1-6-4-8(7(2)10-3)5-9(12)11-6/h4-5,10H,2H2,1,3H3,(H,11,12). The minimum absolute atomic E-state index is 0.0959. The van der Waals surface area contributed by atoms with E-state index in [1.165, 1.54) is 6.07 Å². The van der Waals surface area contributed by atoms with Crippen molar-refractivity contribution >= 4 is 5.70 Å². The summed E-state index contributed by atoms with van der Waals surface area (Å²) in [5.74, 6) is 0. The lowest BCUT2D eigenvalue weighted by Crippen LogP contribution is -2.10. The van der Waals surface area contributed by atoms with Crippen molar-refractivity contribution in [2.24, 2.45) is 0 Å². The number of hydrogen-bond donors (Lipinski definition) is 2. The fraction of sp³-hybridized carbons (Fsp3) is 0.222. The van der Waals surface area contributed by atoms with Crippen molar-refractivity contribution < 1.29 is 0 Å². The average molecular weight is 164 g/mol. The van der Waals surface area contributed by atoms with Gasteiger partial charge in [0.25, 0.3) is 0 Å². The smallest absolute Gasteiger partial charge is 0.248 e.